The van der Waals surface area contributed by atoms with Gasteiger partial charge < -0.3 is 14.2 Å². The molecule has 0 unspecified atom stereocenters. The van der Waals surface area contributed by atoms with Gasteiger partial charge in [-0.2, -0.15) is 0 Å². The van der Waals surface area contributed by atoms with E-state index in [4.69, 9.17) is 4.74 Å². The van der Waals surface area contributed by atoms with Crippen molar-refractivity contribution in [2.24, 2.45) is 7.05 Å². The van der Waals surface area contributed by atoms with Crippen molar-refractivity contribution in [2.75, 3.05) is 11.5 Å². The molecule has 0 radical (unpaired) electrons. The van der Waals surface area contributed by atoms with Gasteiger partial charge in [-0.15, -0.1) is 0 Å². The van der Waals surface area contributed by atoms with E-state index in [2.05, 4.69) is 0 Å². The number of para-hydroxylation sites is 1. The molecule has 2 aromatic rings. The number of ketones is 1. The van der Waals surface area contributed by atoms with E-state index in [0.29, 0.717) is 5.56 Å². The Hall–Kier alpha value is -2.89. The number of amides is 1. The fraction of sp³-hybridized carbons (Fsp3) is 0.316. The number of anilines is 1. The van der Waals surface area contributed by atoms with Crippen LogP contribution >= 0.6 is 0 Å². The molecule has 0 saturated heterocycles. The third kappa shape index (κ3) is 3.20. The minimum absolute atomic E-state index is 0.0305. The second kappa shape index (κ2) is 6.55. The molecule has 6 heteroatoms. The third-order valence-corrected chi connectivity index (χ3v) is 4.42. The molecule has 2 heterocycles. The Morgan fingerprint density at radius 2 is 1.96 bits per heavy atom. The van der Waals surface area contributed by atoms with Gasteiger partial charge in [0.15, 0.2) is 12.4 Å². The molecule has 1 aromatic carbocycles. The molecule has 0 bridgehead atoms. The van der Waals surface area contributed by atoms with Gasteiger partial charge >= 0.3 is 5.97 Å². The molecule has 3 rings (SSSR count). The predicted octanol–water partition coefficient (Wildman–Crippen LogP) is 2.36. The van der Waals surface area contributed by atoms with Crippen LogP contribution in [-0.4, -0.2) is 34.9 Å². The highest BCUT2D eigenvalue weighted by Gasteiger charge is 2.31. The van der Waals surface area contributed by atoms with Crippen molar-refractivity contribution >= 4 is 23.3 Å². The van der Waals surface area contributed by atoms with Crippen LogP contribution in [0, 0.1) is 0 Å². The fourth-order valence-corrected chi connectivity index (χ4v) is 3.18. The highest BCUT2D eigenvalue weighted by atomic mass is 16.5. The summed E-state index contributed by atoms with van der Waals surface area (Å²) >= 11 is 0. The van der Waals surface area contributed by atoms with Crippen LogP contribution < -0.4 is 4.90 Å². The van der Waals surface area contributed by atoms with Crippen LogP contribution in [-0.2, 0) is 23.0 Å². The number of esters is 1. The Morgan fingerprint density at radius 3 is 2.64 bits per heavy atom. The van der Waals surface area contributed by atoms with E-state index in [1.165, 1.54) is 17.6 Å². The van der Waals surface area contributed by atoms with Gasteiger partial charge in [0.1, 0.15) is 5.69 Å². The molecule has 0 aliphatic carbocycles. The third-order valence-electron chi connectivity index (χ3n) is 4.42. The van der Waals surface area contributed by atoms with Gasteiger partial charge in [0.05, 0.1) is 0 Å². The number of aromatic nitrogens is 1. The maximum absolute atomic E-state index is 12.5. The van der Waals surface area contributed by atoms with Gasteiger partial charge in [-0.05, 0) is 38.0 Å². The van der Waals surface area contributed by atoms with Gasteiger partial charge in [0.2, 0.25) is 0 Å². The van der Waals surface area contributed by atoms with Crippen LogP contribution in [0.1, 0.15) is 40.3 Å². The van der Waals surface area contributed by atoms with E-state index in [1.54, 1.807) is 18.1 Å². The smallest absolute Gasteiger partial charge is 0.355 e. The zero-order valence-corrected chi connectivity index (χ0v) is 14.5. The molecule has 25 heavy (non-hydrogen) atoms. The van der Waals surface area contributed by atoms with Gasteiger partial charge in [-0.1, -0.05) is 18.2 Å². The molecule has 6 nitrogen and oxygen atoms in total. The standard InChI is InChI=1S/C19H20N2O4/c1-12-8-14-6-4-5-7-16(14)21(12)18(23)11-25-19(24)17-9-15(13(2)22)10-20(17)3/h4-7,9-10,12H,8,11H2,1-3H3/t12-/m1/s1. The Kier molecular flexibility index (Phi) is 4.44. The molecule has 1 atom stereocenters. The topological polar surface area (TPSA) is 68.6 Å². The number of rotatable bonds is 4. The minimum Gasteiger partial charge on any atom is -0.451 e. The van der Waals surface area contributed by atoms with Gasteiger partial charge in [0.25, 0.3) is 5.91 Å². The van der Waals surface area contributed by atoms with Crippen LogP contribution in [0.4, 0.5) is 5.69 Å². The van der Waals surface area contributed by atoms with Crippen molar-refractivity contribution in [3.05, 3.63) is 53.3 Å². The number of Topliss-reactive ketones (excluding diaryl/α,β-unsaturated/α-hetero) is 1. The lowest BCUT2D eigenvalue weighted by molar-refractivity contribution is -0.122. The molecule has 0 fully saturated rings. The maximum Gasteiger partial charge on any atom is 0.355 e. The van der Waals surface area contributed by atoms with Crippen LogP contribution in [0.2, 0.25) is 0 Å². The second-order valence-corrected chi connectivity index (χ2v) is 6.30. The summed E-state index contributed by atoms with van der Waals surface area (Å²) < 4.78 is 6.70. The van der Waals surface area contributed by atoms with Crippen LogP contribution in [0.25, 0.3) is 0 Å². The molecule has 1 amide bonds. The summed E-state index contributed by atoms with van der Waals surface area (Å²) in [5.74, 6) is -1.01. The molecule has 0 saturated carbocycles. The zero-order chi connectivity index (χ0) is 18.1. The Balaban J connectivity index is 1.69. The molecule has 1 aliphatic rings. The largest absolute Gasteiger partial charge is 0.451 e. The quantitative estimate of drug-likeness (QED) is 0.633. The summed E-state index contributed by atoms with van der Waals surface area (Å²) in [7, 11) is 1.66. The van der Waals surface area contributed by atoms with E-state index >= 15 is 0 Å². The first-order chi connectivity index (χ1) is 11.9. The molecular weight excluding hydrogens is 320 g/mol. The zero-order valence-electron chi connectivity index (χ0n) is 14.5. The number of benzene rings is 1. The molecule has 0 spiro atoms. The number of nitrogens with zero attached hydrogens (tertiary/aromatic N) is 2. The lowest BCUT2D eigenvalue weighted by atomic mass is 10.1. The van der Waals surface area contributed by atoms with Crippen molar-refractivity contribution in [2.45, 2.75) is 26.3 Å². The van der Waals surface area contributed by atoms with Crippen LogP contribution in [0.5, 0.6) is 0 Å². The normalized spacial score (nSPS) is 15.8. The SMILES string of the molecule is CC(=O)c1cc(C(=O)OCC(=O)N2c3ccccc3C[C@H]2C)n(C)c1. The van der Waals surface area contributed by atoms with Gasteiger partial charge in [-0.25, -0.2) is 4.79 Å². The van der Waals surface area contributed by atoms with Crippen molar-refractivity contribution in [1.29, 1.82) is 0 Å². The summed E-state index contributed by atoms with van der Waals surface area (Å²) in [6, 6.07) is 9.23. The van der Waals surface area contributed by atoms with Crippen molar-refractivity contribution in [1.82, 2.24) is 4.57 Å². The molecule has 0 N–H and O–H groups in total. The molecular formula is C19H20N2O4. The number of hydrogen-bond donors (Lipinski definition) is 0. The fourth-order valence-electron chi connectivity index (χ4n) is 3.18. The van der Waals surface area contributed by atoms with Crippen LogP contribution in [0.15, 0.2) is 36.5 Å². The Morgan fingerprint density at radius 1 is 1.24 bits per heavy atom. The number of aryl methyl sites for hydroxylation is 1. The first-order valence-electron chi connectivity index (χ1n) is 8.13. The van der Waals surface area contributed by atoms with Crippen molar-refractivity contribution in [3.63, 3.8) is 0 Å². The monoisotopic (exact) mass is 340 g/mol. The highest BCUT2D eigenvalue weighted by Crippen LogP contribution is 2.31. The lowest BCUT2D eigenvalue weighted by Crippen LogP contribution is -2.38. The van der Waals surface area contributed by atoms with E-state index in [-0.39, 0.29) is 30.0 Å². The van der Waals surface area contributed by atoms with Crippen molar-refractivity contribution < 1.29 is 19.1 Å². The number of hydrogen-bond acceptors (Lipinski definition) is 4. The predicted molar refractivity (Wildman–Crippen MR) is 92.8 cm³/mol. The van der Waals surface area contributed by atoms with Gasteiger partial charge in [0, 0.05) is 30.5 Å². The lowest BCUT2D eigenvalue weighted by Gasteiger charge is -2.22. The van der Waals surface area contributed by atoms with E-state index in [9.17, 15) is 14.4 Å². The summed E-state index contributed by atoms with van der Waals surface area (Å²) in [6.45, 7) is 3.06. The molecule has 130 valence electrons. The average molecular weight is 340 g/mol. The van der Waals surface area contributed by atoms with E-state index in [1.807, 2.05) is 31.2 Å². The first-order valence-corrected chi connectivity index (χ1v) is 8.13. The summed E-state index contributed by atoms with van der Waals surface area (Å²) in [5, 5.41) is 0. The number of carbonyl (C=O) groups excluding carboxylic acids is 3. The number of fused-ring (bicyclic) bond motifs is 1. The summed E-state index contributed by atoms with van der Waals surface area (Å²) in [4.78, 5) is 37.8. The molecule has 1 aliphatic heterocycles. The maximum atomic E-state index is 12.5. The average Bonchev–Trinajstić information content (AvgIpc) is 3.11. The highest BCUT2D eigenvalue weighted by molar-refractivity contribution is 6.00. The van der Waals surface area contributed by atoms with E-state index < -0.39 is 5.97 Å². The van der Waals surface area contributed by atoms with E-state index in [0.717, 1.165) is 17.7 Å². The van der Waals surface area contributed by atoms with Crippen LogP contribution in [0.3, 0.4) is 0 Å². The molecule has 1 aromatic heterocycles. The number of ether oxygens (including phenoxy) is 1. The van der Waals surface area contributed by atoms with Crippen molar-refractivity contribution in [3.8, 4) is 0 Å². The van der Waals surface area contributed by atoms with Gasteiger partial charge in [-0.3, -0.25) is 9.59 Å². The number of carbonyl (C=O) groups is 3. The minimum atomic E-state index is -0.622. The first kappa shape index (κ1) is 17.0. The Bertz CT molecular complexity index is 853. The summed E-state index contributed by atoms with van der Waals surface area (Å²) in [6.07, 6.45) is 2.36. The summed E-state index contributed by atoms with van der Waals surface area (Å²) in [5.41, 5.74) is 2.66. The Labute approximate surface area is 146 Å². The second-order valence-electron chi connectivity index (χ2n) is 6.30.